The van der Waals surface area contributed by atoms with Gasteiger partial charge in [0.05, 0.1) is 0 Å². The van der Waals surface area contributed by atoms with Gasteiger partial charge in [-0.05, 0) is 44.6 Å². The number of carbonyl (C=O) groups excluding carboxylic acids is 1. The van der Waals surface area contributed by atoms with E-state index in [4.69, 9.17) is 0 Å². The molecule has 3 heteroatoms. The highest BCUT2D eigenvalue weighted by molar-refractivity contribution is 5.78. The summed E-state index contributed by atoms with van der Waals surface area (Å²) in [6, 6.07) is 0. The lowest BCUT2D eigenvalue weighted by Crippen LogP contribution is -2.48. The molecule has 1 heterocycles. The van der Waals surface area contributed by atoms with Gasteiger partial charge in [-0.3, -0.25) is 4.79 Å². The van der Waals surface area contributed by atoms with E-state index in [2.05, 4.69) is 10.2 Å². The van der Waals surface area contributed by atoms with Crippen LogP contribution in [0.25, 0.3) is 0 Å². The van der Waals surface area contributed by atoms with Gasteiger partial charge in [-0.1, -0.05) is 25.7 Å². The third-order valence-electron chi connectivity index (χ3n) is 5.91. The molecule has 0 aromatic rings. The lowest BCUT2D eigenvalue weighted by atomic mass is 9.79. The fraction of sp³-hybridized carbons (Fsp3) is 0.938. The molecule has 0 aromatic carbocycles. The maximum Gasteiger partial charge on any atom is 0.224 e. The minimum absolute atomic E-state index is 0.104. The van der Waals surface area contributed by atoms with E-state index >= 15 is 0 Å². The van der Waals surface area contributed by atoms with Gasteiger partial charge in [0.25, 0.3) is 0 Å². The van der Waals surface area contributed by atoms with E-state index in [0.717, 1.165) is 31.3 Å². The predicted molar refractivity (Wildman–Crippen MR) is 76.9 cm³/mol. The maximum atomic E-state index is 12.6. The van der Waals surface area contributed by atoms with Gasteiger partial charge < -0.3 is 10.2 Å². The zero-order chi connectivity index (χ0) is 13.3. The Morgan fingerprint density at radius 1 is 1.11 bits per heavy atom. The lowest BCUT2D eigenvalue weighted by molar-refractivity contribution is -0.132. The van der Waals surface area contributed by atoms with Crippen molar-refractivity contribution in [3.05, 3.63) is 0 Å². The summed E-state index contributed by atoms with van der Waals surface area (Å²) in [5.74, 6) is 2.05. The van der Waals surface area contributed by atoms with Gasteiger partial charge in [-0.15, -0.1) is 0 Å². The van der Waals surface area contributed by atoms with Crippen LogP contribution in [0, 0.1) is 11.8 Å². The topological polar surface area (TPSA) is 32.3 Å². The molecule has 2 aliphatic carbocycles. The van der Waals surface area contributed by atoms with Crippen molar-refractivity contribution in [2.24, 2.45) is 11.8 Å². The third kappa shape index (κ3) is 2.67. The summed E-state index contributed by atoms with van der Waals surface area (Å²) >= 11 is 0. The molecule has 2 saturated carbocycles. The molecule has 108 valence electrons. The number of carbonyl (C=O) groups is 1. The molecule has 0 spiro atoms. The van der Waals surface area contributed by atoms with Crippen LogP contribution >= 0.6 is 0 Å². The van der Waals surface area contributed by atoms with E-state index in [-0.39, 0.29) is 5.54 Å². The summed E-state index contributed by atoms with van der Waals surface area (Å²) in [6.45, 7) is 2.09. The Balaban J connectivity index is 1.58. The smallest absolute Gasteiger partial charge is 0.224 e. The van der Waals surface area contributed by atoms with Crippen LogP contribution in [0.3, 0.4) is 0 Å². The molecule has 3 rings (SSSR count). The number of nitrogens with zero attached hydrogens (tertiary/aromatic N) is 1. The Morgan fingerprint density at radius 3 is 2.32 bits per heavy atom. The Morgan fingerprint density at radius 2 is 1.74 bits per heavy atom. The fourth-order valence-corrected chi connectivity index (χ4v) is 4.58. The van der Waals surface area contributed by atoms with E-state index < -0.39 is 0 Å². The van der Waals surface area contributed by atoms with E-state index in [1.54, 1.807) is 0 Å². The Hall–Kier alpha value is -0.570. The Kier molecular flexibility index (Phi) is 3.84. The molecule has 3 nitrogen and oxygen atoms in total. The van der Waals surface area contributed by atoms with Crippen molar-refractivity contribution in [2.45, 2.75) is 63.3 Å². The molecule has 2 unspecified atom stereocenters. The zero-order valence-electron chi connectivity index (χ0n) is 12.3. The fourth-order valence-electron chi connectivity index (χ4n) is 4.58. The van der Waals surface area contributed by atoms with Crippen molar-refractivity contribution in [3.8, 4) is 0 Å². The van der Waals surface area contributed by atoms with Crippen molar-refractivity contribution in [3.63, 3.8) is 0 Å². The molecule has 0 radical (unpaired) electrons. The van der Waals surface area contributed by atoms with E-state index in [1.165, 1.54) is 51.4 Å². The van der Waals surface area contributed by atoms with Crippen LogP contribution in [0.5, 0.6) is 0 Å². The second-order valence-corrected chi connectivity index (χ2v) is 7.02. The predicted octanol–water partition coefficient (Wildman–Crippen LogP) is 2.56. The van der Waals surface area contributed by atoms with Crippen molar-refractivity contribution < 1.29 is 4.79 Å². The average molecular weight is 264 g/mol. The van der Waals surface area contributed by atoms with Crippen molar-refractivity contribution >= 4 is 5.91 Å². The largest absolute Gasteiger partial charge is 0.342 e. The summed E-state index contributed by atoms with van der Waals surface area (Å²) in [5.41, 5.74) is 0.104. The minimum atomic E-state index is 0.104. The van der Waals surface area contributed by atoms with E-state index in [1.807, 2.05) is 7.05 Å². The third-order valence-corrected chi connectivity index (χ3v) is 5.91. The molecule has 1 saturated heterocycles. The second kappa shape index (κ2) is 5.43. The van der Waals surface area contributed by atoms with Crippen LogP contribution < -0.4 is 5.32 Å². The summed E-state index contributed by atoms with van der Waals surface area (Å²) in [4.78, 5) is 14.8. The molecular formula is C16H28N2O. The summed E-state index contributed by atoms with van der Waals surface area (Å²) < 4.78 is 0. The van der Waals surface area contributed by atoms with Crippen LogP contribution in [0.4, 0.5) is 0 Å². The highest BCUT2D eigenvalue weighted by Gasteiger charge is 2.40. The number of hydrogen-bond donors (Lipinski definition) is 1. The van der Waals surface area contributed by atoms with Crippen LogP contribution in [0.15, 0.2) is 0 Å². The molecule has 1 aliphatic heterocycles. The van der Waals surface area contributed by atoms with Gasteiger partial charge in [0.1, 0.15) is 0 Å². The van der Waals surface area contributed by atoms with Crippen molar-refractivity contribution in [2.75, 3.05) is 20.1 Å². The quantitative estimate of drug-likeness (QED) is 0.849. The van der Waals surface area contributed by atoms with Gasteiger partial charge in [-0.2, -0.15) is 0 Å². The standard InChI is InChI=1S/C16H28N2O/c1-17-16(8-3-2-4-9-16)10-15(19)18-11-13-6-5-7-14(13)12-18/h13-14,17H,2-12H2,1H3. The Labute approximate surface area is 117 Å². The van der Waals surface area contributed by atoms with E-state index in [9.17, 15) is 4.79 Å². The van der Waals surface area contributed by atoms with Crippen molar-refractivity contribution in [1.82, 2.24) is 10.2 Å². The average Bonchev–Trinajstić information content (AvgIpc) is 3.00. The summed E-state index contributed by atoms with van der Waals surface area (Å²) in [6.07, 6.45) is 11.1. The van der Waals surface area contributed by atoms with Gasteiger partial charge in [0.15, 0.2) is 0 Å². The minimum Gasteiger partial charge on any atom is -0.342 e. The molecule has 0 aromatic heterocycles. The zero-order valence-corrected chi connectivity index (χ0v) is 12.3. The molecule has 1 amide bonds. The lowest BCUT2D eigenvalue weighted by Gasteiger charge is -2.37. The van der Waals surface area contributed by atoms with Crippen LogP contribution in [-0.2, 0) is 4.79 Å². The number of fused-ring (bicyclic) bond motifs is 1. The van der Waals surface area contributed by atoms with E-state index in [0.29, 0.717) is 5.91 Å². The molecular weight excluding hydrogens is 236 g/mol. The molecule has 19 heavy (non-hydrogen) atoms. The number of hydrogen-bond acceptors (Lipinski definition) is 2. The molecule has 2 atom stereocenters. The first-order chi connectivity index (χ1) is 9.22. The monoisotopic (exact) mass is 264 g/mol. The first kappa shape index (κ1) is 13.4. The summed E-state index contributed by atoms with van der Waals surface area (Å²) in [7, 11) is 2.04. The molecule has 0 bridgehead atoms. The van der Waals surface area contributed by atoms with Crippen LogP contribution in [0.1, 0.15) is 57.8 Å². The first-order valence-electron chi connectivity index (χ1n) is 8.19. The van der Waals surface area contributed by atoms with Crippen LogP contribution in [0.2, 0.25) is 0 Å². The van der Waals surface area contributed by atoms with Crippen molar-refractivity contribution in [1.29, 1.82) is 0 Å². The van der Waals surface area contributed by atoms with Gasteiger partial charge >= 0.3 is 0 Å². The Bertz CT molecular complexity index is 324. The molecule has 1 N–H and O–H groups in total. The number of amides is 1. The normalized spacial score (nSPS) is 33.4. The summed E-state index contributed by atoms with van der Waals surface area (Å²) in [5, 5.41) is 3.47. The van der Waals surface area contributed by atoms with Gasteiger partial charge in [-0.25, -0.2) is 0 Å². The molecule has 3 aliphatic rings. The second-order valence-electron chi connectivity index (χ2n) is 7.02. The first-order valence-corrected chi connectivity index (χ1v) is 8.19. The van der Waals surface area contributed by atoms with Gasteiger partial charge in [0.2, 0.25) is 5.91 Å². The maximum absolute atomic E-state index is 12.6. The molecule has 3 fully saturated rings. The highest BCUT2D eigenvalue weighted by atomic mass is 16.2. The van der Waals surface area contributed by atoms with Gasteiger partial charge in [0, 0.05) is 25.0 Å². The SMILES string of the molecule is CNC1(CC(=O)N2CC3CCCC3C2)CCCCC1. The van der Waals surface area contributed by atoms with Crippen LogP contribution in [-0.4, -0.2) is 36.5 Å². The number of likely N-dealkylation sites (tertiary alicyclic amines) is 1. The highest BCUT2D eigenvalue weighted by Crippen LogP contribution is 2.39. The number of nitrogens with one attached hydrogen (secondary N) is 1. The number of rotatable bonds is 3.